The van der Waals surface area contributed by atoms with Crippen molar-refractivity contribution >= 4 is 28.1 Å². The van der Waals surface area contributed by atoms with E-state index >= 15 is 0 Å². The molecule has 1 aromatic carbocycles. The molecular weight excluding hydrogens is 284 g/mol. The predicted molar refractivity (Wildman–Crippen MR) is 71.9 cm³/mol. The summed E-state index contributed by atoms with van der Waals surface area (Å²) in [4.78, 5) is 20.4. The van der Waals surface area contributed by atoms with Crippen molar-refractivity contribution in [3.63, 3.8) is 0 Å². The lowest BCUT2D eigenvalue weighted by atomic mass is 10.2. The average molecular weight is 296 g/mol. The third-order valence-electron chi connectivity index (χ3n) is 2.08. The van der Waals surface area contributed by atoms with Gasteiger partial charge in [-0.2, -0.15) is 8.42 Å². The number of benzene rings is 1. The molecule has 1 N–H and O–H groups in total. The summed E-state index contributed by atoms with van der Waals surface area (Å²) in [5.74, 6) is -1.09. The first kappa shape index (κ1) is 15.8. The molecule has 6 nitrogen and oxygen atoms in total. The fraction of sp³-hybridized carbons (Fsp3) is 0.0769. The normalized spacial score (nSPS) is 14.9. The van der Waals surface area contributed by atoms with Gasteiger partial charge in [0.25, 0.3) is 10.1 Å². The van der Waals surface area contributed by atoms with Crippen LogP contribution in [0.1, 0.15) is 12.0 Å². The molecule has 0 spiro atoms. The van der Waals surface area contributed by atoms with Crippen LogP contribution in [0.5, 0.6) is 0 Å². The molecule has 106 valence electrons. The molecule has 0 aliphatic carbocycles. The van der Waals surface area contributed by atoms with Crippen molar-refractivity contribution in [1.82, 2.24) is 0 Å². The molecule has 0 atom stereocenters. The van der Waals surface area contributed by atoms with E-state index in [-0.39, 0.29) is 12.0 Å². The minimum atomic E-state index is -4.00. The largest absolute Gasteiger partial charge is 0.389 e. The van der Waals surface area contributed by atoms with Crippen LogP contribution in [0, 0.1) is 0 Å². The Morgan fingerprint density at radius 2 is 1.80 bits per heavy atom. The monoisotopic (exact) mass is 296 g/mol. The van der Waals surface area contributed by atoms with Crippen molar-refractivity contribution in [2.75, 3.05) is 0 Å². The van der Waals surface area contributed by atoms with E-state index in [1.54, 1.807) is 24.3 Å². The Morgan fingerprint density at radius 1 is 1.20 bits per heavy atom. The first-order valence-electron chi connectivity index (χ1n) is 5.41. The van der Waals surface area contributed by atoms with Crippen molar-refractivity contribution in [3.8, 4) is 0 Å². The quantitative estimate of drug-likeness (QED) is 0.385. The third-order valence-corrected chi connectivity index (χ3v) is 2.56. The molecule has 2 rings (SSSR count). The maximum atomic E-state index is 10.3. The Hall–Kier alpha value is -2.25. The zero-order chi connectivity index (χ0) is 15.2. The van der Waals surface area contributed by atoms with Crippen molar-refractivity contribution in [3.05, 3.63) is 53.5 Å². The van der Waals surface area contributed by atoms with Crippen LogP contribution in [0.2, 0.25) is 0 Å². The van der Waals surface area contributed by atoms with Gasteiger partial charge in [-0.15, -0.1) is 0 Å². The van der Waals surface area contributed by atoms with Crippen LogP contribution < -0.4 is 0 Å². The fourth-order valence-electron chi connectivity index (χ4n) is 1.19. The summed E-state index contributed by atoms with van der Waals surface area (Å²) >= 11 is 0. The van der Waals surface area contributed by atoms with Crippen molar-refractivity contribution < 1.29 is 27.3 Å². The number of ether oxygens (including phenoxy) is 1. The van der Waals surface area contributed by atoms with Crippen LogP contribution in [0.25, 0.3) is 6.08 Å². The van der Waals surface area contributed by atoms with Gasteiger partial charge in [-0.05, 0) is 11.6 Å². The average Bonchev–Trinajstić information content (AvgIpc) is 2.65. The smallest absolute Gasteiger partial charge is 0.341 e. The van der Waals surface area contributed by atoms with E-state index in [0.717, 1.165) is 11.0 Å². The van der Waals surface area contributed by atoms with Gasteiger partial charge in [-0.25, -0.2) is 4.79 Å². The lowest BCUT2D eigenvalue weighted by Crippen LogP contribution is -1.95. The highest BCUT2D eigenvalue weighted by atomic mass is 32.2. The number of rotatable bonds is 2. The maximum absolute atomic E-state index is 10.3. The van der Waals surface area contributed by atoms with Crippen molar-refractivity contribution in [2.45, 2.75) is 6.42 Å². The number of cyclic esters (lactones) is 2. The predicted octanol–water partition coefficient (Wildman–Crippen LogP) is 1.56. The summed E-state index contributed by atoms with van der Waals surface area (Å²) in [6, 6.07) is 8.86. The molecule has 0 radical (unpaired) electrons. The molecule has 0 unspecified atom stereocenters. The molecule has 1 saturated heterocycles. The van der Waals surface area contributed by atoms with Gasteiger partial charge < -0.3 is 4.74 Å². The van der Waals surface area contributed by atoms with Gasteiger partial charge in [0.15, 0.2) is 0 Å². The lowest BCUT2D eigenvalue weighted by molar-refractivity contribution is -0.151. The highest BCUT2D eigenvalue weighted by Gasteiger charge is 2.24. The second-order valence-corrected chi connectivity index (χ2v) is 5.07. The molecule has 1 fully saturated rings. The zero-order valence-corrected chi connectivity index (χ0v) is 11.2. The standard InChI is InChI=1S/C8H8O3S.C5H4O3/c9-12(10,11)7-6-8-4-2-1-3-5-8;1-3-2-4(6)8-5(3)7/h1-7H,(H,9,10,11);1-2H2. The van der Waals surface area contributed by atoms with Crippen LogP contribution in [0.4, 0.5) is 0 Å². The van der Waals surface area contributed by atoms with Crippen molar-refractivity contribution in [1.29, 1.82) is 0 Å². The second-order valence-electron chi connectivity index (χ2n) is 3.77. The van der Waals surface area contributed by atoms with Gasteiger partial charge in [-0.3, -0.25) is 9.35 Å². The van der Waals surface area contributed by atoms with E-state index < -0.39 is 22.1 Å². The van der Waals surface area contributed by atoms with E-state index in [2.05, 4.69) is 11.3 Å². The van der Waals surface area contributed by atoms with Crippen LogP contribution >= 0.6 is 0 Å². The van der Waals surface area contributed by atoms with Crippen LogP contribution in [-0.4, -0.2) is 24.9 Å². The van der Waals surface area contributed by atoms with E-state index in [1.807, 2.05) is 6.07 Å². The Morgan fingerprint density at radius 3 is 2.15 bits per heavy atom. The second kappa shape index (κ2) is 6.78. The third kappa shape index (κ3) is 6.07. The van der Waals surface area contributed by atoms with E-state index in [0.29, 0.717) is 0 Å². The lowest BCUT2D eigenvalue weighted by Gasteiger charge is -1.89. The molecule has 1 heterocycles. The molecule has 1 aliphatic rings. The fourth-order valence-corrected chi connectivity index (χ4v) is 1.52. The minimum Gasteiger partial charge on any atom is -0.389 e. The first-order valence-corrected chi connectivity index (χ1v) is 6.91. The molecule has 1 aliphatic heterocycles. The van der Waals surface area contributed by atoms with E-state index in [4.69, 9.17) is 4.55 Å². The van der Waals surface area contributed by atoms with Crippen LogP contribution in [0.15, 0.2) is 47.9 Å². The molecule has 1 aromatic rings. The van der Waals surface area contributed by atoms with Gasteiger partial charge >= 0.3 is 11.9 Å². The summed E-state index contributed by atoms with van der Waals surface area (Å²) in [7, 11) is -4.00. The summed E-state index contributed by atoms with van der Waals surface area (Å²) in [5, 5.41) is 0.752. The Bertz CT molecular complexity index is 625. The van der Waals surface area contributed by atoms with Gasteiger partial charge in [0, 0.05) is 5.57 Å². The van der Waals surface area contributed by atoms with Gasteiger partial charge in [0.2, 0.25) is 0 Å². The number of carbonyl (C=O) groups excluding carboxylic acids is 2. The Kier molecular flexibility index (Phi) is 5.36. The molecule has 0 saturated carbocycles. The van der Waals surface area contributed by atoms with Gasteiger partial charge in [-0.1, -0.05) is 36.9 Å². The minimum absolute atomic E-state index is 0.0544. The number of carbonyl (C=O) groups is 2. The summed E-state index contributed by atoms with van der Waals surface area (Å²) in [5.41, 5.74) is 0.977. The number of esters is 2. The van der Waals surface area contributed by atoms with E-state index in [9.17, 15) is 18.0 Å². The topological polar surface area (TPSA) is 97.7 Å². The van der Waals surface area contributed by atoms with Crippen molar-refractivity contribution in [2.24, 2.45) is 0 Å². The zero-order valence-electron chi connectivity index (χ0n) is 10.4. The van der Waals surface area contributed by atoms with Crippen LogP contribution in [-0.2, 0) is 24.4 Å². The number of hydrogen-bond acceptors (Lipinski definition) is 5. The SMILES string of the molecule is C=C1CC(=O)OC1=O.O=S(=O)(O)C=Cc1ccccc1. The summed E-state index contributed by atoms with van der Waals surface area (Å²) < 4.78 is 33.0. The molecule has 7 heteroatoms. The Balaban J connectivity index is 0.000000217. The first-order chi connectivity index (χ1) is 9.28. The highest BCUT2D eigenvalue weighted by molar-refractivity contribution is 7.88. The molecule has 20 heavy (non-hydrogen) atoms. The van der Waals surface area contributed by atoms with Gasteiger partial charge in [0.05, 0.1) is 11.8 Å². The molecule has 0 amide bonds. The Labute approximate surface area is 116 Å². The maximum Gasteiger partial charge on any atom is 0.341 e. The summed E-state index contributed by atoms with van der Waals surface area (Å²) in [6.07, 6.45) is 1.38. The highest BCUT2D eigenvalue weighted by Crippen LogP contribution is 2.10. The molecule has 0 aromatic heterocycles. The van der Waals surface area contributed by atoms with Gasteiger partial charge in [0.1, 0.15) is 0 Å². The summed E-state index contributed by atoms with van der Waals surface area (Å²) in [6.45, 7) is 3.29. The number of hydrogen-bond donors (Lipinski definition) is 1. The molecule has 0 bridgehead atoms. The van der Waals surface area contributed by atoms with E-state index in [1.165, 1.54) is 6.08 Å². The molecular formula is C13H12O6S. The van der Waals surface area contributed by atoms with Crippen LogP contribution in [0.3, 0.4) is 0 Å².